The van der Waals surface area contributed by atoms with Crippen LogP contribution in [0, 0.1) is 11.8 Å². The van der Waals surface area contributed by atoms with Crippen molar-refractivity contribution in [1.29, 1.82) is 0 Å². The van der Waals surface area contributed by atoms with E-state index < -0.39 is 0 Å². The summed E-state index contributed by atoms with van der Waals surface area (Å²) in [6, 6.07) is 9.29. The molecule has 3 amide bonds. The van der Waals surface area contributed by atoms with Crippen LogP contribution in [0.25, 0.3) is 0 Å². The molecule has 3 fully saturated rings. The van der Waals surface area contributed by atoms with Crippen LogP contribution in [0.5, 0.6) is 0 Å². The number of benzene rings is 1. The maximum Gasteiger partial charge on any atom is 0.247 e. The lowest BCUT2D eigenvalue weighted by Crippen LogP contribution is -2.59. The Morgan fingerprint density at radius 1 is 1.12 bits per heavy atom. The van der Waals surface area contributed by atoms with Crippen LogP contribution in [0.3, 0.4) is 0 Å². The van der Waals surface area contributed by atoms with Gasteiger partial charge in [0.05, 0.1) is 36.7 Å². The topological polar surface area (TPSA) is 97.5 Å². The van der Waals surface area contributed by atoms with Crippen molar-refractivity contribution < 1.29 is 19.1 Å². The van der Waals surface area contributed by atoms with Crippen LogP contribution in [0.4, 0.5) is 5.69 Å². The van der Waals surface area contributed by atoms with Crippen molar-refractivity contribution >= 4 is 23.4 Å². The first-order chi connectivity index (χ1) is 16.0. The molecule has 0 radical (unpaired) electrons. The molecule has 0 aromatic heterocycles. The third-order valence-electron chi connectivity index (χ3n) is 6.71. The first-order valence-electron chi connectivity index (χ1n) is 11.6. The quantitative estimate of drug-likeness (QED) is 0.506. The molecule has 3 heterocycles. The summed E-state index contributed by atoms with van der Waals surface area (Å²) in [7, 11) is 3.57. The number of methoxy groups -OCH3 is 1. The van der Waals surface area contributed by atoms with Gasteiger partial charge in [0, 0.05) is 52.9 Å². The van der Waals surface area contributed by atoms with Crippen LogP contribution in [0.2, 0.25) is 0 Å². The highest BCUT2D eigenvalue weighted by molar-refractivity contribution is 5.98. The zero-order chi connectivity index (χ0) is 23.4. The summed E-state index contributed by atoms with van der Waals surface area (Å²) in [5.74, 6) is -0.487. The van der Waals surface area contributed by atoms with E-state index >= 15 is 0 Å². The molecule has 3 unspecified atom stereocenters. The second-order valence-corrected chi connectivity index (χ2v) is 9.04. The number of hydrazine groups is 1. The van der Waals surface area contributed by atoms with Gasteiger partial charge in [-0.2, -0.15) is 0 Å². The van der Waals surface area contributed by atoms with Gasteiger partial charge in [-0.3, -0.25) is 19.3 Å². The number of ether oxygens (including phenoxy) is 1. The Kier molecular flexibility index (Phi) is 7.59. The van der Waals surface area contributed by atoms with Crippen LogP contribution >= 0.6 is 0 Å². The predicted octanol–water partition coefficient (Wildman–Crippen LogP) is -1.01. The van der Waals surface area contributed by atoms with Crippen molar-refractivity contribution in [2.45, 2.75) is 6.04 Å². The minimum absolute atomic E-state index is 0.0138. The summed E-state index contributed by atoms with van der Waals surface area (Å²) < 4.78 is 4.95. The fourth-order valence-corrected chi connectivity index (χ4v) is 4.97. The highest BCUT2D eigenvalue weighted by Gasteiger charge is 2.51. The summed E-state index contributed by atoms with van der Waals surface area (Å²) >= 11 is 0. The molecule has 0 aliphatic carbocycles. The Morgan fingerprint density at radius 3 is 2.55 bits per heavy atom. The van der Waals surface area contributed by atoms with Gasteiger partial charge in [0.25, 0.3) is 0 Å². The molecule has 3 aliphatic rings. The fraction of sp³-hybridized carbons (Fsp3) is 0.609. The molecule has 1 aromatic rings. The van der Waals surface area contributed by atoms with Gasteiger partial charge in [-0.15, -0.1) is 0 Å². The Bertz CT molecular complexity index is 845. The normalized spacial score (nSPS) is 26.4. The maximum absolute atomic E-state index is 13.5. The van der Waals surface area contributed by atoms with E-state index in [9.17, 15) is 14.4 Å². The zero-order valence-corrected chi connectivity index (χ0v) is 19.4. The number of fused-ring (bicyclic) bond motifs is 1. The number of hydrogen-bond acceptors (Lipinski definition) is 7. The highest BCUT2D eigenvalue weighted by atomic mass is 16.5. The highest BCUT2D eigenvalue weighted by Crippen LogP contribution is 2.32. The summed E-state index contributed by atoms with van der Waals surface area (Å²) in [4.78, 5) is 44.7. The molecule has 3 aliphatic heterocycles. The smallest absolute Gasteiger partial charge is 0.247 e. The summed E-state index contributed by atoms with van der Waals surface area (Å²) in [5, 5.41) is 4.44. The van der Waals surface area contributed by atoms with Gasteiger partial charge in [-0.05, 0) is 19.2 Å². The number of likely N-dealkylation sites (tertiary alicyclic amines) is 1. The molecule has 3 saturated heterocycles. The number of rotatable bonds is 7. The Balaban J connectivity index is 1.35. The second-order valence-electron chi connectivity index (χ2n) is 9.04. The molecule has 10 heteroatoms. The lowest BCUT2D eigenvalue weighted by Gasteiger charge is -2.41. The van der Waals surface area contributed by atoms with Gasteiger partial charge < -0.3 is 19.9 Å². The van der Waals surface area contributed by atoms with Gasteiger partial charge in [0.1, 0.15) is 0 Å². The summed E-state index contributed by atoms with van der Waals surface area (Å²) in [6.07, 6.45) is 0. The fourth-order valence-electron chi connectivity index (χ4n) is 4.97. The van der Waals surface area contributed by atoms with Crippen LogP contribution in [0.1, 0.15) is 0 Å². The molecule has 10 nitrogen and oxygen atoms in total. The second kappa shape index (κ2) is 10.6. The van der Waals surface area contributed by atoms with E-state index in [1.165, 1.54) is 0 Å². The van der Waals surface area contributed by atoms with Gasteiger partial charge in [0.2, 0.25) is 17.7 Å². The van der Waals surface area contributed by atoms with Crippen molar-refractivity contribution in [2.24, 2.45) is 11.8 Å². The molecule has 180 valence electrons. The molecule has 1 aromatic carbocycles. The monoisotopic (exact) mass is 458 g/mol. The van der Waals surface area contributed by atoms with Crippen LogP contribution < -0.4 is 15.8 Å². The van der Waals surface area contributed by atoms with E-state index in [0.717, 1.165) is 5.69 Å². The molecule has 33 heavy (non-hydrogen) atoms. The van der Waals surface area contributed by atoms with Crippen LogP contribution in [-0.4, -0.2) is 112 Å². The zero-order valence-electron chi connectivity index (χ0n) is 19.4. The largest absolute Gasteiger partial charge is 0.383 e. The molecule has 3 atom stereocenters. The number of amides is 3. The lowest BCUT2D eigenvalue weighted by molar-refractivity contribution is -0.141. The van der Waals surface area contributed by atoms with Crippen LogP contribution in [0.15, 0.2) is 30.3 Å². The van der Waals surface area contributed by atoms with E-state index in [0.29, 0.717) is 59.0 Å². The van der Waals surface area contributed by atoms with Crippen molar-refractivity contribution in [2.75, 3.05) is 78.1 Å². The van der Waals surface area contributed by atoms with E-state index in [1.54, 1.807) is 12.1 Å². The molecular weight excluding hydrogens is 424 g/mol. The van der Waals surface area contributed by atoms with Crippen molar-refractivity contribution in [3.63, 3.8) is 0 Å². The standard InChI is InChI=1S/C23H34N6O4/c1-26-14-18(21-19(15-26)23(32)29(25-21)17-6-4-3-5-7-17)22(31)28-11-9-27(10-12-28)16-20(30)24-8-13-33-2/h3-7,18-19,21,25H,8-16H2,1-2H3,(H,24,30). The molecule has 0 spiro atoms. The first kappa shape index (κ1) is 23.6. The Morgan fingerprint density at radius 2 is 1.85 bits per heavy atom. The molecular formula is C23H34N6O4. The van der Waals surface area contributed by atoms with Crippen LogP contribution in [-0.2, 0) is 19.1 Å². The lowest BCUT2D eigenvalue weighted by atomic mass is 9.84. The molecule has 2 N–H and O–H groups in total. The minimum Gasteiger partial charge on any atom is -0.383 e. The number of hydrogen-bond donors (Lipinski definition) is 2. The van der Waals surface area contributed by atoms with Gasteiger partial charge in [-0.25, -0.2) is 10.4 Å². The number of carbonyl (C=O) groups is 3. The molecule has 0 bridgehead atoms. The molecule has 4 rings (SSSR count). The number of para-hydroxylation sites is 1. The van der Waals surface area contributed by atoms with E-state index in [1.807, 2.05) is 42.3 Å². The van der Waals surface area contributed by atoms with Gasteiger partial charge in [-0.1, -0.05) is 18.2 Å². The van der Waals surface area contributed by atoms with Gasteiger partial charge in [0.15, 0.2) is 0 Å². The summed E-state index contributed by atoms with van der Waals surface area (Å²) in [6.45, 7) is 5.04. The third-order valence-corrected chi connectivity index (χ3v) is 6.71. The number of piperazine rings is 1. The van der Waals surface area contributed by atoms with E-state index in [4.69, 9.17) is 4.74 Å². The predicted molar refractivity (Wildman–Crippen MR) is 123 cm³/mol. The summed E-state index contributed by atoms with van der Waals surface area (Å²) in [5.41, 5.74) is 4.14. The molecule has 0 saturated carbocycles. The van der Waals surface area contributed by atoms with Crippen molar-refractivity contribution in [1.82, 2.24) is 25.4 Å². The van der Waals surface area contributed by atoms with Crippen molar-refractivity contribution in [3.8, 4) is 0 Å². The minimum atomic E-state index is -0.296. The first-order valence-corrected chi connectivity index (χ1v) is 11.6. The van der Waals surface area contributed by atoms with Gasteiger partial charge >= 0.3 is 0 Å². The van der Waals surface area contributed by atoms with Crippen molar-refractivity contribution in [3.05, 3.63) is 30.3 Å². The average molecular weight is 459 g/mol. The third kappa shape index (κ3) is 5.35. The number of piperidine rings is 1. The van der Waals surface area contributed by atoms with E-state index in [-0.39, 0.29) is 35.6 Å². The Hall–Kier alpha value is -2.53. The van der Waals surface area contributed by atoms with E-state index in [2.05, 4.69) is 20.5 Å². The number of carbonyl (C=O) groups excluding carboxylic acids is 3. The SMILES string of the molecule is COCCNC(=O)CN1CCN(C(=O)C2CN(C)CC3C(=O)N(c4ccccc4)NC23)CC1. The maximum atomic E-state index is 13.5. The number of nitrogens with zero attached hydrogens (tertiary/aromatic N) is 4. The Labute approximate surface area is 194 Å². The number of anilines is 1. The average Bonchev–Trinajstić information content (AvgIpc) is 3.15. The number of nitrogens with one attached hydrogen (secondary N) is 2.